The van der Waals surface area contributed by atoms with Crippen molar-refractivity contribution in [3.05, 3.63) is 0 Å². The largest absolute Gasteiger partial charge is 0.318 e. The van der Waals surface area contributed by atoms with E-state index < -0.39 is 0 Å². The molecule has 0 radical (unpaired) electrons. The van der Waals surface area contributed by atoms with E-state index in [0.29, 0.717) is 5.25 Å². The van der Waals surface area contributed by atoms with Gasteiger partial charge >= 0.3 is 0 Å². The van der Waals surface area contributed by atoms with Gasteiger partial charge in [-0.15, -0.1) is 0 Å². The molecule has 7 heteroatoms. The number of hydrogen-bond acceptors (Lipinski definition) is 6. The Balaban J connectivity index is 4.18. The first-order chi connectivity index (χ1) is 6.10. The van der Waals surface area contributed by atoms with Crippen LogP contribution in [0.15, 0.2) is 0 Å². The molecule has 3 nitrogen and oxygen atoms in total. The molecule has 13 heavy (non-hydrogen) atoms. The van der Waals surface area contributed by atoms with Gasteiger partial charge in [-0.2, -0.15) is 0 Å². The normalized spacial score (nSPS) is 14.8. The monoisotopic (exact) mass is 260 g/mol. The van der Waals surface area contributed by atoms with Crippen LogP contribution in [0, 0.1) is 0 Å². The maximum absolute atomic E-state index is 5.11. The first-order valence-electron chi connectivity index (χ1n) is 3.73. The van der Waals surface area contributed by atoms with Crippen molar-refractivity contribution in [2.24, 2.45) is 0 Å². The molecule has 0 amide bonds. The summed E-state index contributed by atoms with van der Waals surface area (Å²) in [5.41, 5.74) is 0. The highest BCUT2D eigenvalue weighted by atomic mass is 32.2. The Hall–Kier alpha value is 1.15. The lowest BCUT2D eigenvalue weighted by Gasteiger charge is -2.29. The van der Waals surface area contributed by atoms with Crippen molar-refractivity contribution in [2.75, 3.05) is 21.3 Å². The van der Waals surface area contributed by atoms with Crippen molar-refractivity contribution in [1.82, 2.24) is 0 Å². The fourth-order valence-corrected chi connectivity index (χ4v) is 4.39. The van der Waals surface area contributed by atoms with Crippen LogP contribution >= 0.6 is 36.1 Å². The van der Waals surface area contributed by atoms with E-state index in [9.17, 15) is 0 Å². The first kappa shape index (κ1) is 14.1. The van der Waals surface area contributed by atoms with Crippen molar-refractivity contribution >= 4 is 46.4 Å². The molecule has 0 aromatic carbocycles. The van der Waals surface area contributed by atoms with Gasteiger partial charge in [-0.3, -0.25) is 0 Å². The van der Waals surface area contributed by atoms with E-state index in [0.717, 1.165) is 10.2 Å². The van der Waals surface area contributed by atoms with Crippen molar-refractivity contribution in [1.29, 1.82) is 0 Å². The van der Waals surface area contributed by atoms with Crippen LogP contribution in [0.1, 0.15) is 6.92 Å². The fraction of sp³-hybridized carbons (Fsp3) is 1.00. The predicted molar refractivity (Wildman–Crippen MR) is 65.9 cm³/mol. The lowest BCUT2D eigenvalue weighted by atomic mass is 10.5. The Morgan fingerprint density at radius 2 is 1.54 bits per heavy atom. The van der Waals surface area contributed by atoms with E-state index in [1.165, 1.54) is 36.1 Å². The summed E-state index contributed by atoms with van der Waals surface area (Å²) in [4.78, 5) is 0. The zero-order valence-electron chi connectivity index (χ0n) is 8.53. The predicted octanol–water partition coefficient (Wildman–Crippen LogP) is 1.28. The van der Waals surface area contributed by atoms with Crippen LogP contribution < -0.4 is 0 Å². The zero-order valence-corrected chi connectivity index (χ0v) is 13.0. The van der Waals surface area contributed by atoms with Gasteiger partial charge in [0.25, 0.3) is 0 Å². The summed E-state index contributed by atoms with van der Waals surface area (Å²) in [6, 6.07) is 0. The standard InChI is InChI=1S/C6H16O3S3Si/c1-5(10-7-2)6(13,11-8-3)12-9-4/h5H,1-4,13H3. The van der Waals surface area contributed by atoms with Crippen LogP contribution in [0.3, 0.4) is 0 Å². The summed E-state index contributed by atoms with van der Waals surface area (Å²) in [5, 5.41) is 0.332. The first-order valence-corrected chi connectivity index (χ1v) is 7.02. The lowest BCUT2D eigenvalue weighted by molar-refractivity contribution is 0.466. The SMILES string of the molecule is COSC(C)C([SiH3])(SOC)SOC. The van der Waals surface area contributed by atoms with E-state index in [1.54, 1.807) is 21.3 Å². The summed E-state index contributed by atoms with van der Waals surface area (Å²) >= 11 is 4.35. The van der Waals surface area contributed by atoms with Crippen LogP contribution in [-0.2, 0) is 12.5 Å². The van der Waals surface area contributed by atoms with Crippen LogP contribution in [0.5, 0.6) is 0 Å². The smallest absolute Gasteiger partial charge is 0.107 e. The third-order valence-corrected chi connectivity index (χ3v) is 7.12. The molecule has 0 saturated heterocycles. The highest BCUT2D eigenvalue weighted by Gasteiger charge is 2.35. The lowest BCUT2D eigenvalue weighted by Crippen LogP contribution is -2.32. The minimum absolute atomic E-state index is 0.0236. The molecule has 0 aliphatic heterocycles. The molecule has 0 saturated carbocycles. The van der Waals surface area contributed by atoms with Crippen LogP contribution in [0.4, 0.5) is 0 Å². The van der Waals surface area contributed by atoms with Gasteiger partial charge in [-0.25, -0.2) is 0 Å². The molecular weight excluding hydrogens is 244 g/mol. The molecule has 0 rings (SSSR count). The van der Waals surface area contributed by atoms with Gasteiger partial charge in [-0.1, -0.05) is 0 Å². The Morgan fingerprint density at radius 3 is 1.85 bits per heavy atom. The van der Waals surface area contributed by atoms with Gasteiger partial charge in [0.2, 0.25) is 0 Å². The number of rotatable bonds is 7. The molecule has 0 aliphatic rings. The van der Waals surface area contributed by atoms with Gasteiger partial charge in [-0.05, 0) is 19.0 Å². The third-order valence-electron chi connectivity index (χ3n) is 1.48. The van der Waals surface area contributed by atoms with Gasteiger partial charge < -0.3 is 12.5 Å². The summed E-state index contributed by atoms with van der Waals surface area (Å²) in [6.45, 7) is 2.11. The van der Waals surface area contributed by atoms with E-state index >= 15 is 0 Å². The Bertz CT molecular complexity index is 132. The average molecular weight is 260 g/mol. The van der Waals surface area contributed by atoms with Crippen molar-refractivity contribution in [3.8, 4) is 0 Å². The average Bonchev–Trinajstić information content (AvgIpc) is 2.05. The summed E-state index contributed by atoms with van der Waals surface area (Å²) in [5.74, 6) is 0. The molecular formula is C6H16O3S3Si. The molecule has 0 aromatic heterocycles. The van der Waals surface area contributed by atoms with Crippen LogP contribution in [0.25, 0.3) is 0 Å². The maximum atomic E-state index is 5.11. The minimum atomic E-state index is -0.0236. The molecule has 80 valence electrons. The highest BCUT2D eigenvalue weighted by molar-refractivity contribution is 8.17. The molecule has 0 bridgehead atoms. The maximum Gasteiger partial charge on any atom is 0.107 e. The molecule has 1 unspecified atom stereocenters. The zero-order chi connectivity index (χ0) is 10.3. The molecule has 0 spiro atoms. The van der Waals surface area contributed by atoms with Gasteiger partial charge in [0.05, 0.1) is 26.6 Å². The van der Waals surface area contributed by atoms with E-state index in [2.05, 4.69) is 6.92 Å². The number of hydrogen-bond donors (Lipinski definition) is 0. The summed E-state index contributed by atoms with van der Waals surface area (Å²) in [7, 11) is 6.00. The van der Waals surface area contributed by atoms with Gasteiger partial charge in [0, 0.05) is 34.3 Å². The second-order valence-corrected chi connectivity index (χ2v) is 9.64. The second-order valence-electron chi connectivity index (χ2n) is 2.42. The molecule has 0 fully saturated rings. The Labute approximate surface area is 96.1 Å². The second kappa shape index (κ2) is 7.44. The van der Waals surface area contributed by atoms with E-state index in [4.69, 9.17) is 12.5 Å². The minimum Gasteiger partial charge on any atom is -0.318 e. The van der Waals surface area contributed by atoms with E-state index in [-0.39, 0.29) is 3.70 Å². The molecule has 0 N–H and O–H groups in total. The van der Waals surface area contributed by atoms with Crippen LogP contribution in [-0.4, -0.2) is 40.5 Å². The molecule has 0 aromatic rings. The highest BCUT2D eigenvalue weighted by Crippen LogP contribution is 2.42. The quantitative estimate of drug-likeness (QED) is 0.389. The summed E-state index contributed by atoms with van der Waals surface area (Å²) < 4.78 is 15.2. The van der Waals surface area contributed by atoms with Crippen molar-refractivity contribution in [3.63, 3.8) is 0 Å². The van der Waals surface area contributed by atoms with E-state index in [1.807, 2.05) is 0 Å². The molecule has 1 atom stereocenters. The Morgan fingerprint density at radius 1 is 1.08 bits per heavy atom. The summed E-state index contributed by atoms with van der Waals surface area (Å²) in [6.07, 6.45) is 0. The third kappa shape index (κ3) is 4.96. The molecule has 0 aliphatic carbocycles. The fourth-order valence-electron chi connectivity index (χ4n) is 0.712. The van der Waals surface area contributed by atoms with Gasteiger partial charge in [0.1, 0.15) is 3.70 Å². The van der Waals surface area contributed by atoms with Crippen molar-refractivity contribution in [2.45, 2.75) is 15.9 Å². The molecule has 0 heterocycles. The Kier molecular flexibility index (Phi) is 8.10. The van der Waals surface area contributed by atoms with Crippen LogP contribution in [0.2, 0.25) is 0 Å². The topological polar surface area (TPSA) is 27.7 Å². The van der Waals surface area contributed by atoms with Gasteiger partial charge in [0.15, 0.2) is 0 Å². The van der Waals surface area contributed by atoms with Crippen molar-refractivity contribution < 1.29 is 12.5 Å².